The molecule has 146 valence electrons. The molecule has 8 heteroatoms. The van der Waals surface area contributed by atoms with Crippen molar-refractivity contribution in [2.24, 2.45) is 0 Å². The topological polar surface area (TPSA) is 104 Å². The fourth-order valence-corrected chi connectivity index (χ4v) is 3.19. The van der Waals surface area contributed by atoms with Crippen molar-refractivity contribution in [1.82, 2.24) is 0 Å². The number of furan rings is 1. The van der Waals surface area contributed by atoms with Crippen LogP contribution in [0.15, 0.2) is 59.0 Å². The molecule has 1 N–H and O–H groups in total. The van der Waals surface area contributed by atoms with Gasteiger partial charge >= 0.3 is 0 Å². The first kappa shape index (κ1) is 18.3. The Labute approximate surface area is 164 Å². The van der Waals surface area contributed by atoms with Crippen LogP contribution in [0.3, 0.4) is 0 Å². The Hall–Kier alpha value is -4.07. The first-order chi connectivity index (χ1) is 14.0. The summed E-state index contributed by atoms with van der Waals surface area (Å²) in [6.07, 6.45) is 0. The number of ether oxygens (including phenoxy) is 2. The lowest BCUT2D eigenvalue weighted by atomic mass is 10.1. The third-order valence-electron chi connectivity index (χ3n) is 4.59. The number of hydrogen-bond donors (Lipinski definition) is 1. The predicted molar refractivity (Wildman–Crippen MR) is 108 cm³/mol. The van der Waals surface area contributed by atoms with Crippen molar-refractivity contribution in [2.45, 2.75) is 0 Å². The molecule has 0 fully saturated rings. The number of hydrogen-bond acceptors (Lipinski definition) is 6. The number of benzene rings is 3. The van der Waals surface area contributed by atoms with E-state index in [-0.39, 0.29) is 17.0 Å². The van der Waals surface area contributed by atoms with Crippen LogP contribution in [-0.4, -0.2) is 25.1 Å². The Morgan fingerprint density at radius 2 is 1.72 bits per heavy atom. The molecule has 0 aliphatic carbocycles. The molecule has 1 heterocycles. The van der Waals surface area contributed by atoms with E-state index in [1.54, 1.807) is 12.1 Å². The highest BCUT2D eigenvalue weighted by atomic mass is 16.6. The molecular weight excluding hydrogens is 376 g/mol. The number of amides is 1. The van der Waals surface area contributed by atoms with Crippen molar-refractivity contribution in [1.29, 1.82) is 0 Å². The molecule has 0 radical (unpaired) electrons. The molecule has 0 bridgehead atoms. The quantitative estimate of drug-likeness (QED) is 0.388. The van der Waals surface area contributed by atoms with E-state index in [2.05, 4.69) is 5.32 Å². The second kappa shape index (κ2) is 7.16. The average molecular weight is 392 g/mol. The summed E-state index contributed by atoms with van der Waals surface area (Å²) < 4.78 is 16.5. The van der Waals surface area contributed by atoms with Gasteiger partial charge < -0.3 is 19.2 Å². The van der Waals surface area contributed by atoms with Crippen LogP contribution >= 0.6 is 0 Å². The van der Waals surface area contributed by atoms with E-state index in [4.69, 9.17) is 13.9 Å². The molecule has 4 rings (SSSR count). The maximum Gasteiger partial charge on any atom is 0.270 e. The molecule has 0 saturated carbocycles. The summed E-state index contributed by atoms with van der Waals surface area (Å²) in [5.74, 6) is 0.0815. The lowest BCUT2D eigenvalue weighted by molar-refractivity contribution is -0.384. The van der Waals surface area contributed by atoms with Gasteiger partial charge in [-0.25, -0.2) is 0 Å². The molecule has 1 aromatic heterocycles. The monoisotopic (exact) mass is 392 g/mol. The van der Waals surface area contributed by atoms with Gasteiger partial charge in [0.25, 0.3) is 11.6 Å². The zero-order valence-electron chi connectivity index (χ0n) is 15.6. The molecule has 3 aromatic carbocycles. The summed E-state index contributed by atoms with van der Waals surface area (Å²) in [6, 6.07) is 14.8. The van der Waals surface area contributed by atoms with Crippen molar-refractivity contribution < 1.29 is 23.6 Å². The molecule has 0 spiro atoms. The maximum atomic E-state index is 12.8. The largest absolute Gasteiger partial charge is 0.496 e. The molecule has 4 aromatic rings. The molecule has 0 aliphatic heterocycles. The van der Waals surface area contributed by atoms with Gasteiger partial charge in [0.15, 0.2) is 0 Å². The second-order valence-corrected chi connectivity index (χ2v) is 6.24. The van der Waals surface area contributed by atoms with Gasteiger partial charge in [-0.05, 0) is 18.2 Å². The number of fused-ring (bicyclic) bond motifs is 3. The third-order valence-corrected chi connectivity index (χ3v) is 4.59. The highest BCUT2D eigenvalue weighted by Gasteiger charge is 2.20. The van der Waals surface area contributed by atoms with Gasteiger partial charge in [0.05, 0.1) is 30.4 Å². The van der Waals surface area contributed by atoms with Crippen LogP contribution in [-0.2, 0) is 0 Å². The lowest BCUT2D eigenvalue weighted by Crippen LogP contribution is -2.14. The van der Waals surface area contributed by atoms with Crippen LogP contribution in [0.4, 0.5) is 11.4 Å². The molecule has 0 unspecified atom stereocenters. The van der Waals surface area contributed by atoms with Gasteiger partial charge in [-0.1, -0.05) is 18.2 Å². The van der Waals surface area contributed by atoms with E-state index in [9.17, 15) is 14.9 Å². The normalized spacial score (nSPS) is 10.8. The molecule has 0 atom stereocenters. The van der Waals surface area contributed by atoms with E-state index in [1.807, 2.05) is 24.3 Å². The maximum absolute atomic E-state index is 12.8. The lowest BCUT2D eigenvalue weighted by Gasteiger charge is -2.12. The number of nitro groups is 1. The number of rotatable bonds is 5. The minimum atomic E-state index is -0.572. The van der Waals surface area contributed by atoms with Crippen LogP contribution in [0.5, 0.6) is 11.5 Å². The Morgan fingerprint density at radius 3 is 2.45 bits per heavy atom. The van der Waals surface area contributed by atoms with Gasteiger partial charge in [-0.2, -0.15) is 0 Å². The van der Waals surface area contributed by atoms with E-state index in [0.29, 0.717) is 22.6 Å². The van der Waals surface area contributed by atoms with Crippen molar-refractivity contribution in [2.75, 3.05) is 19.5 Å². The van der Waals surface area contributed by atoms with Crippen LogP contribution in [0, 0.1) is 10.1 Å². The summed E-state index contributed by atoms with van der Waals surface area (Å²) >= 11 is 0. The third kappa shape index (κ3) is 3.20. The van der Waals surface area contributed by atoms with Crippen molar-refractivity contribution in [3.05, 3.63) is 70.3 Å². The molecular formula is C21H16N2O6. The minimum absolute atomic E-state index is 0.0356. The zero-order valence-corrected chi connectivity index (χ0v) is 15.6. The Bertz CT molecular complexity index is 1260. The van der Waals surface area contributed by atoms with Crippen LogP contribution in [0.1, 0.15) is 10.4 Å². The van der Waals surface area contributed by atoms with Gasteiger partial charge in [0.1, 0.15) is 22.7 Å². The number of methoxy groups -OCH3 is 2. The summed E-state index contributed by atoms with van der Waals surface area (Å²) in [7, 11) is 2.88. The standard InChI is InChI=1S/C21H16N2O6/c1-27-17-8-7-12(23(25)26)9-15(17)21(24)22-16-11-19-14(10-20(16)28-2)13-5-3-4-6-18(13)29-19/h3-11H,1-2H3,(H,22,24). The zero-order chi connectivity index (χ0) is 20.5. The number of non-ortho nitro benzene ring substituents is 1. The molecule has 8 nitrogen and oxygen atoms in total. The van der Waals surface area contributed by atoms with E-state index in [1.165, 1.54) is 32.4 Å². The SMILES string of the molecule is COc1cc2c(cc1NC(=O)c1cc([N+](=O)[O-])ccc1OC)oc1ccccc12. The number of nitro benzene ring substituents is 1. The minimum Gasteiger partial charge on any atom is -0.496 e. The second-order valence-electron chi connectivity index (χ2n) is 6.24. The number of carbonyl (C=O) groups excluding carboxylic acids is 1. The first-order valence-electron chi connectivity index (χ1n) is 8.65. The van der Waals surface area contributed by atoms with Crippen LogP contribution in [0.25, 0.3) is 21.9 Å². The Balaban J connectivity index is 1.77. The van der Waals surface area contributed by atoms with Gasteiger partial charge in [-0.15, -0.1) is 0 Å². The Kier molecular flexibility index (Phi) is 4.52. The molecule has 0 saturated heterocycles. The first-order valence-corrected chi connectivity index (χ1v) is 8.65. The van der Waals surface area contributed by atoms with Gasteiger partial charge in [0.2, 0.25) is 0 Å². The smallest absolute Gasteiger partial charge is 0.270 e. The highest BCUT2D eigenvalue weighted by molar-refractivity contribution is 6.11. The highest BCUT2D eigenvalue weighted by Crippen LogP contribution is 2.37. The summed E-state index contributed by atoms with van der Waals surface area (Å²) in [4.78, 5) is 23.3. The van der Waals surface area contributed by atoms with Crippen molar-refractivity contribution >= 4 is 39.2 Å². The Morgan fingerprint density at radius 1 is 0.966 bits per heavy atom. The van der Waals surface area contributed by atoms with Crippen LogP contribution in [0.2, 0.25) is 0 Å². The van der Waals surface area contributed by atoms with E-state index < -0.39 is 10.8 Å². The number of para-hydroxylation sites is 1. The van der Waals surface area contributed by atoms with E-state index in [0.717, 1.165) is 10.8 Å². The molecule has 0 aliphatic rings. The number of carbonyl (C=O) groups is 1. The number of nitrogens with one attached hydrogen (secondary N) is 1. The van der Waals surface area contributed by atoms with Gasteiger partial charge in [-0.3, -0.25) is 14.9 Å². The fourth-order valence-electron chi connectivity index (χ4n) is 3.19. The van der Waals surface area contributed by atoms with Crippen LogP contribution < -0.4 is 14.8 Å². The van der Waals surface area contributed by atoms with Gasteiger partial charge in [0, 0.05) is 29.0 Å². The van der Waals surface area contributed by atoms with E-state index >= 15 is 0 Å². The molecule has 1 amide bonds. The number of nitrogens with zero attached hydrogens (tertiary/aromatic N) is 1. The summed E-state index contributed by atoms with van der Waals surface area (Å²) in [5, 5.41) is 15.6. The predicted octanol–water partition coefficient (Wildman–Crippen LogP) is 4.76. The average Bonchev–Trinajstić information content (AvgIpc) is 3.09. The fraction of sp³-hybridized carbons (Fsp3) is 0.0952. The summed E-state index contributed by atoms with van der Waals surface area (Å²) in [6.45, 7) is 0. The molecule has 29 heavy (non-hydrogen) atoms. The van der Waals surface area contributed by atoms with Crippen molar-refractivity contribution in [3.63, 3.8) is 0 Å². The van der Waals surface area contributed by atoms with Crippen molar-refractivity contribution in [3.8, 4) is 11.5 Å². The summed E-state index contributed by atoms with van der Waals surface area (Å²) in [5.41, 5.74) is 1.49. The number of anilines is 1.